The molecule has 2 atom stereocenters. The minimum absolute atomic E-state index is 0.327. The lowest BCUT2D eigenvalue weighted by molar-refractivity contribution is -0.157. The molecule has 0 N–H and O–H groups in total. The molecule has 0 saturated heterocycles. The van der Waals surface area contributed by atoms with Gasteiger partial charge >= 0.3 is 11.9 Å². The van der Waals surface area contributed by atoms with Gasteiger partial charge in [-0.15, -0.1) is 0 Å². The van der Waals surface area contributed by atoms with Crippen LogP contribution in [0.1, 0.15) is 11.1 Å². The maximum absolute atomic E-state index is 12.6. The molecule has 0 aliphatic heterocycles. The summed E-state index contributed by atoms with van der Waals surface area (Å²) in [4.78, 5) is 25.1. The van der Waals surface area contributed by atoms with E-state index < -0.39 is 23.8 Å². The highest BCUT2D eigenvalue weighted by atomic mass is 16.5. The fourth-order valence-electron chi connectivity index (χ4n) is 3.19. The van der Waals surface area contributed by atoms with Crippen molar-refractivity contribution < 1.29 is 28.5 Å². The first-order chi connectivity index (χ1) is 13.5. The van der Waals surface area contributed by atoms with Crippen molar-refractivity contribution in [3.05, 3.63) is 59.7 Å². The average Bonchev–Trinajstić information content (AvgIpc) is 2.75. The zero-order valence-electron chi connectivity index (χ0n) is 16.6. The Bertz CT molecular complexity index is 734. The van der Waals surface area contributed by atoms with Crippen molar-refractivity contribution in [2.24, 2.45) is 11.8 Å². The molecule has 150 valence electrons. The summed E-state index contributed by atoms with van der Waals surface area (Å²) in [5.74, 6) is -0.944. The first-order valence-electron chi connectivity index (χ1n) is 8.93. The van der Waals surface area contributed by atoms with Gasteiger partial charge in [0.05, 0.1) is 40.3 Å². The molecule has 2 aromatic rings. The molecule has 6 heteroatoms. The van der Waals surface area contributed by atoms with Crippen LogP contribution in [0.3, 0.4) is 0 Å². The first kappa shape index (κ1) is 21.3. The molecular formula is C22H26O6. The summed E-state index contributed by atoms with van der Waals surface area (Å²) < 4.78 is 20.5. The van der Waals surface area contributed by atoms with Crippen LogP contribution in [0.5, 0.6) is 11.5 Å². The molecule has 0 saturated carbocycles. The van der Waals surface area contributed by atoms with Crippen LogP contribution in [0.2, 0.25) is 0 Å². The molecule has 0 heterocycles. The highest BCUT2D eigenvalue weighted by molar-refractivity contribution is 5.82. The summed E-state index contributed by atoms with van der Waals surface area (Å²) in [6.45, 7) is 0. The summed E-state index contributed by atoms with van der Waals surface area (Å²) in [5.41, 5.74) is 1.74. The number of carbonyl (C=O) groups is 2. The number of benzene rings is 2. The molecule has 2 rings (SSSR count). The topological polar surface area (TPSA) is 71.1 Å². The second-order valence-corrected chi connectivity index (χ2v) is 6.37. The minimum atomic E-state index is -0.698. The molecule has 0 aliphatic carbocycles. The van der Waals surface area contributed by atoms with Crippen molar-refractivity contribution in [2.45, 2.75) is 12.8 Å². The highest BCUT2D eigenvalue weighted by Crippen LogP contribution is 2.27. The van der Waals surface area contributed by atoms with Crippen LogP contribution in [0.4, 0.5) is 0 Å². The number of hydrogen-bond acceptors (Lipinski definition) is 6. The van der Waals surface area contributed by atoms with Crippen LogP contribution in [-0.4, -0.2) is 40.4 Å². The van der Waals surface area contributed by atoms with Crippen LogP contribution in [0.15, 0.2) is 48.5 Å². The number of methoxy groups -OCH3 is 4. The Morgan fingerprint density at radius 1 is 0.714 bits per heavy atom. The molecular weight excluding hydrogens is 360 g/mol. The van der Waals surface area contributed by atoms with Crippen LogP contribution >= 0.6 is 0 Å². The quantitative estimate of drug-likeness (QED) is 0.617. The third-order valence-corrected chi connectivity index (χ3v) is 4.67. The second-order valence-electron chi connectivity index (χ2n) is 6.37. The van der Waals surface area contributed by atoms with Crippen molar-refractivity contribution >= 4 is 11.9 Å². The second kappa shape index (κ2) is 10.3. The predicted octanol–water partition coefficient (Wildman–Crippen LogP) is 3.07. The number of hydrogen-bond donors (Lipinski definition) is 0. The number of rotatable bonds is 9. The molecule has 0 aliphatic rings. The van der Waals surface area contributed by atoms with Gasteiger partial charge in [-0.3, -0.25) is 9.59 Å². The summed E-state index contributed by atoms with van der Waals surface area (Å²) in [6, 6.07) is 14.8. The maximum Gasteiger partial charge on any atom is 0.309 e. The fraction of sp³-hybridized carbons (Fsp3) is 0.364. The summed E-state index contributed by atoms with van der Waals surface area (Å²) in [6.07, 6.45) is 0.654. The zero-order chi connectivity index (χ0) is 20.5. The van der Waals surface area contributed by atoms with E-state index in [1.807, 2.05) is 48.5 Å². The van der Waals surface area contributed by atoms with Crippen molar-refractivity contribution in [1.82, 2.24) is 0 Å². The van der Waals surface area contributed by atoms with Crippen LogP contribution in [-0.2, 0) is 31.9 Å². The molecule has 2 aromatic carbocycles. The smallest absolute Gasteiger partial charge is 0.309 e. The van der Waals surface area contributed by atoms with E-state index in [1.54, 1.807) is 14.2 Å². The predicted molar refractivity (Wildman–Crippen MR) is 104 cm³/mol. The monoisotopic (exact) mass is 386 g/mol. The SMILES string of the molecule is COC(=O)[C@@H](Cc1cccc(OC)c1)[C@@H](Cc1cccc(OC)c1)C(=O)OC. The van der Waals surface area contributed by atoms with Crippen LogP contribution < -0.4 is 9.47 Å². The standard InChI is InChI=1S/C22H26O6/c1-25-17-9-5-7-15(11-17)13-19(21(23)27-3)20(22(24)28-4)14-16-8-6-10-18(12-16)26-2/h5-12,19-20H,13-14H2,1-4H3/t19-,20+. The van der Waals surface area contributed by atoms with Gasteiger partial charge in [-0.1, -0.05) is 24.3 Å². The molecule has 0 bridgehead atoms. The van der Waals surface area contributed by atoms with Gasteiger partial charge in [-0.25, -0.2) is 0 Å². The Kier molecular flexibility index (Phi) is 7.87. The van der Waals surface area contributed by atoms with E-state index in [-0.39, 0.29) is 0 Å². The Morgan fingerprint density at radius 2 is 1.11 bits per heavy atom. The van der Waals surface area contributed by atoms with Crippen LogP contribution in [0, 0.1) is 11.8 Å². The van der Waals surface area contributed by atoms with Gasteiger partial charge in [0.1, 0.15) is 11.5 Å². The van der Waals surface area contributed by atoms with Crippen molar-refractivity contribution in [2.75, 3.05) is 28.4 Å². The Hall–Kier alpha value is -3.02. The zero-order valence-corrected chi connectivity index (χ0v) is 16.6. The minimum Gasteiger partial charge on any atom is -0.497 e. The molecule has 0 aromatic heterocycles. The van der Waals surface area contributed by atoms with E-state index in [2.05, 4.69) is 0 Å². The summed E-state index contributed by atoms with van der Waals surface area (Å²) in [7, 11) is 5.80. The molecule has 0 radical (unpaired) electrons. The van der Waals surface area contributed by atoms with E-state index in [1.165, 1.54) is 14.2 Å². The lowest BCUT2D eigenvalue weighted by atomic mass is 9.82. The Morgan fingerprint density at radius 3 is 1.43 bits per heavy atom. The van der Waals surface area contributed by atoms with Crippen molar-refractivity contribution in [1.29, 1.82) is 0 Å². The third-order valence-electron chi connectivity index (χ3n) is 4.67. The van der Waals surface area contributed by atoms with Gasteiger partial charge in [-0.05, 0) is 48.2 Å². The van der Waals surface area contributed by atoms with Crippen LogP contribution in [0.25, 0.3) is 0 Å². The molecule has 6 nitrogen and oxygen atoms in total. The van der Waals surface area contributed by atoms with Crippen molar-refractivity contribution in [3.8, 4) is 11.5 Å². The maximum atomic E-state index is 12.6. The van der Waals surface area contributed by atoms with Gasteiger partial charge in [0.2, 0.25) is 0 Å². The van der Waals surface area contributed by atoms with E-state index in [0.717, 1.165) is 11.1 Å². The highest BCUT2D eigenvalue weighted by Gasteiger charge is 2.35. The van der Waals surface area contributed by atoms with E-state index in [0.29, 0.717) is 24.3 Å². The number of ether oxygens (including phenoxy) is 4. The summed E-state index contributed by atoms with van der Waals surface area (Å²) in [5, 5.41) is 0. The normalized spacial score (nSPS) is 12.6. The Labute approximate surface area is 165 Å². The molecule has 0 unspecified atom stereocenters. The summed E-state index contributed by atoms with van der Waals surface area (Å²) >= 11 is 0. The van der Waals surface area contributed by atoms with Crippen molar-refractivity contribution in [3.63, 3.8) is 0 Å². The molecule has 28 heavy (non-hydrogen) atoms. The van der Waals surface area contributed by atoms with Gasteiger partial charge in [-0.2, -0.15) is 0 Å². The largest absolute Gasteiger partial charge is 0.497 e. The lowest BCUT2D eigenvalue weighted by Gasteiger charge is -2.24. The van der Waals surface area contributed by atoms with Gasteiger partial charge < -0.3 is 18.9 Å². The van der Waals surface area contributed by atoms with Gasteiger partial charge in [0.15, 0.2) is 0 Å². The molecule has 0 fully saturated rings. The number of esters is 2. The fourth-order valence-corrected chi connectivity index (χ4v) is 3.19. The molecule has 0 amide bonds. The van der Waals surface area contributed by atoms with Gasteiger partial charge in [0, 0.05) is 0 Å². The third kappa shape index (κ3) is 5.49. The van der Waals surface area contributed by atoms with E-state index >= 15 is 0 Å². The average molecular weight is 386 g/mol. The Balaban J connectivity index is 2.35. The number of carbonyl (C=O) groups excluding carboxylic acids is 2. The first-order valence-corrected chi connectivity index (χ1v) is 8.93. The lowest BCUT2D eigenvalue weighted by Crippen LogP contribution is -2.34. The van der Waals surface area contributed by atoms with E-state index in [4.69, 9.17) is 18.9 Å². The van der Waals surface area contributed by atoms with Gasteiger partial charge in [0.25, 0.3) is 0 Å². The molecule has 0 spiro atoms. The van der Waals surface area contributed by atoms with E-state index in [9.17, 15) is 9.59 Å².